The molecule has 21 heavy (non-hydrogen) atoms. The first-order valence-electron chi connectivity index (χ1n) is 7.87. The standard InChI is InChI=1S/C15H23N3OS2/c19-13(7-6-11-4-2-1-3-5-11)18-9-8-12-14(15(18,20)21)17-10-16-12/h10-11,20-21H,1-9H2,(H,16,17). The van der Waals surface area contributed by atoms with Gasteiger partial charge < -0.3 is 9.88 Å². The smallest absolute Gasteiger partial charge is 0.224 e. The van der Waals surface area contributed by atoms with Crippen molar-refractivity contribution in [3.63, 3.8) is 0 Å². The van der Waals surface area contributed by atoms with Gasteiger partial charge in [-0.15, -0.1) is 25.3 Å². The highest BCUT2D eigenvalue weighted by Gasteiger charge is 2.41. The Morgan fingerprint density at radius 1 is 1.38 bits per heavy atom. The summed E-state index contributed by atoms with van der Waals surface area (Å²) in [5, 5.41) is 0. The Morgan fingerprint density at radius 3 is 2.90 bits per heavy atom. The monoisotopic (exact) mass is 325 g/mol. The molecule has 116 valence electrons. The Hall–Kier alpha value is -0.620. The van der Waals surface area contributed by atoms with Gasteiger partial charge in [0.1, 0.15) is 5.69 Å². The number of carbonyl (C=O) groups is 1. The van der Waals surface area contributed by atoms with Crippen LogP contribution in [-0.2, 0) is 15.4 Å². The number of thiol groups is 2. The van der Waals surface area contributed by atoms with Gasteiger partial charge in [-0.05, 0) is 12.3 Å². The molecule has 1 aliphatic heterocycles. The molecule has 2 heterocycles. The molecule has 1 amide bonds. The Labute approximate surface area is 136 Å². The van der Waals surface area contributed by atoms with E-state index in [1.54, 1.807) is 11.2 Å². The van der Waals surface area contributed by atoms with E-state index in [9.17, 15) is 4.79 Å². The summed E-state index contributed by atoms with van der Waals surface area (Å²) < 4.78 is -0.892. The summed E-state index contributed by atoms with van der Waals surface area (Å²) in [6.07, 6.45) is 10.6. The first-order valence-corrected chi connectivity index (χ1v) is 8.76. The summed E-state index contributed by atoms with van der Waals surface area (Å²) in [5.74, 6) is 0.877. The number of amides is 1. The maximum absolute atomic E-state index is 12.6. The van der Waals surface area contributed by atoms with Crippen molar-refractivity contribution in [2.45, 2.75) is 55.6 Å². The average molecular weight is 326 g/mol. The largest absolute Gasteiger partial charge is 0.348 e. The number of rotatable bonds is 3. The third kappa shape index (κ3) is 3.11. The third-order valence-electron chi connectivity index (χ3n) is 4.79. The summed E-state index contributed by atoms with van der Waals surface area (Å²) >= 11 is 9.21. The molecule has 0 radical (unpaired) electrons. The van der Waals surface area contributed by atoms with Crippen LogP contribution in [0, 0.1) is 5.92 Å². The molecule has 0 aromatic carbocycles. The van der Waals surface area contributed by atoms with Gasteiger partial charge in [0.15, 0.2) is 4.20 Å². The van der Waals surface area contributed by atoms with Gasteiger partial charge in [0.25, 0.3) is 0 Å². The summed E-state index contributed by atoms with van der Waals surface area (Å²) in [5.41, 5.74) is 1.81. The number of aromatic nitrogens is 2. The average Bonchev–Trinajstić information content (AvgIpc) is 2.96. The van der Waals surface area contributed by atoms with Gasteiger partial charge >= 0.3 is 0 Å². The number of nitrogens with one attached hydrogen (secondary N) is 1. The SMILES string of the molecule is O=C(CCC1CCCCC1)N1CCc2[nH]cnc2C1(S)S. The molecular weight excluding hydrogens is 302 g/mol. The highest BCUT2D eigenvalue weighted by molar-refractivity contribution is 7.99. The second-order valence-electron chi connectivity index (χ2n) is 6.20. The van der Waals surface area contributed by atoms with Crippen LogP contribution < -0.4 is 0 Å². The molecule has 1 aromatic heterocycles. The van der Waals surface area contributed by atoms with Gasteiger partial charge in [0, 0.05) is 25.1 Å². The number of imidazole rings is 1. The fraction of sp³-hybridized carbons (Fsp3) is 0.733. The summed E-state index contributed by atoms with van der Waals surface area (Å²) in [6.45, 7) is 0.658. The van der Waals surface area contributed by atoms with Crippen molar-refractivity contribution in [3.8, 4) is 0 Å². The van der Waals surface area contributed by atoms with E-state index < -0.39 is 4.20 Å². The first kappa shape index (κ1) is 15.3. The maximum Gasteiger partial charge on any atom is 0.224 e. The van der Waals surface area contributed by atoms with Crippen molar-refractivity contribution >= 4 is 31.2 Å². The second kappa shape index (κ2) is 6.24. The fourth-order valence-corrected chi connectivity index (χ4v) is 4.35. The highest BCUT2D eigenvalue weighted by Crippen LogP contribution is 2.41. The Morgan fingerprint density at radius 2 is 2.14 bits per heavy atom. The maximum atomic E-state index is 12.6. The minimum absolute atomic E-state index is 0.152. The van der Waals surface area contributed by atoms with Crippen LogP contribution in [0.5, 0.6) is 0 Å². The van der Waals surface area contributed by atoms with Crippen LogP contribution in [0.3, 0.4) is 0 Å². The van der Waals surface area contributed by atoms with E-state index in [1.807, 2.05) is 0 Å². The van der Waals surface area contributed by atoms with Crippen molar-refractivity contribution < 1.29 is 4.79 Å². The predicted octanol–water partition coefficient (Wildman–Crippen LogP) is 3.12. The molecule has 0 bridgehead atoms. The van der Waals surface area contributed by atoms with Crippen LogP contribution in [0.2, 0.25) is 0 Å². The zero-order chi connectivity index (χ0) is 14.9. The molecule has 1 aliphatic carbocycles. The van der Waals surface area contributed by atoms with E-state index >= 15 is 0 Å². The number of hydrogen-bond acceptors (Lipinski definition) is 4. The van der Waals surface area contributed by atoms with Crippen LogP contribution in [0.1, 0.15) is 56.3 Å². The van der Waals surface area contributed by atoms with Crippen LogP contribution in [-0.4, -0.2) is 27.3 Å². The number of carbonyl (C=O) groups excluding carboxylic acids is 1. The van der Waals surface area contributed by atoms with Crippen molar-refractivity contribution in [2.24, 2.45) is 5.92 Å². The van der Waals surface area contributed by atoms with Crippen LogP contribution >= 0.6 is 25.3 Å². The molecule has 1 aromatic rings. The van der Waals surface area contributed by atoms with Crippen LogP contribution in [0.25, 0.3) is 0 Å². The molecule has 1 saturated carbocycles. The molecule has 6 heteroatoms. The second-order valence-corrected chi connectivity index (χ2v) is 7.85. The van der Waals surface area contributed by atoms with E-state index in [2.05, 4.69) is 35.2 Å². The molecule has 3 rings (SSSR count). The fourth-order valence-electron chi connectivity index (χ4n) is 3.54. The predicted molar refractivity (Wildman–Crippen MR) is 89.5 cm³/mol. The van der Waals surface area contributed by atoms with E-state index in [0.29, 0.717) is 13.0 Å². The number of aromatic amines is 1. The molecule has 1 N–H and O–H groups in total. The molecule has 0 unspecified atom stereocenters. The summed E-state index contributed by atoms with van der Waals surface area (Å²) in [6, 6.07) is 0. The molecule has 4 nitrogen and oxygen atoms in total. The van der Waals surface area contributed by atoms with Gasteiger partial charge in [-0.2, -0.15) is 0 Å². The van der Waals surface area contributed by atoms with Crippen molar-refractivity contribution in [1.82, 2.24) is 14.9 Å². The van der Waals surface area contributed by atoms with Crippen LogP contribution in [0.15, 0.2) is 6.33 Å². The number of hydrogen-bond donors (Lipinski definition) is 3. The highest BCUT2D eigenvalue weighted by atomic mass is 32.2. The quantitative estimate of drug-likeness (QED) is 0.591. The zero-order valence-corrected chi connectivity index (χ0v) is 14.0. The van der Waals surface area contributed by atoms with E-state index in [1.165, 1.54) is 32.1 Å². The Bertz CT molecular complexity index is 509. The minimum atomic E-state index is -0.892. The van der Waals surface area contributed by atoms with Crippen molar-refractivity contribution in [1.29, 1.82) is 0 Å². The molecular formula is C15H23N3OS2. The van der Waals surface area contributed by atoms with Gasteiger partial charge in [0.2, 0.25) is 5.91 Å². The summed E-state index contributed by atoms with van der Waals surface area (Å²) in [7, 11) is 0. The Balaban J connectivity index is 1.62. The van der Waals surface area contributed by atoms with Crippen molar-refractivity contribution in [2.75, 3.05) is 6.54 Å². The lowest BCUT2D eigenvalue weighted by atomic mass is 9.86. The van der Waals surface area contributed by atoms with Gasteiger partial charge in [0.05, 0.1) is 6.33 Å². The van der Waals surface area contributed by atoms with Crippen molar-refractivity contribution in [3.05, 3.63) is 17.7 Å². The number of nitrogens with zero attached hydrogens (tertiary/aromatic N) is 2. The summed E-state index contributed by atoms with van der Waals surface area (Å²) in [4.78, 5) is 21.7. The van der Waals surface area contributed by atoms with E-state index in [4.69, 9.17) is 0 Å². The normalized spacial score (nSPS) is 22.1. The lowest BCUT2D eigenvalue weighted by molar-refractivity contribution is -0.133. The number of fused-ring (bicyclic) bond motifs is 1. The molecule has 2 aliphatic rings. The zero-order valence-electron chi connectivity index (χ0n) is 12.2. The van der Waals surface area contributed by atoms with E-state index in [-0.39, 0.29) is 5.91 Å². The van der Waals surface area contributed by atoms with Gasteiger partial charge in [-0.1, -0.05) is 32.1 Å². The lowest BCUT2D eigenvalue weighted by Gasteiger charge is -2.39. The van der Waals surface area contributed by atoms with Crippen LogP contribution in [0.4, 0.5) is 0 Å². The van der Waals surface area contributed by atoms with Gasteiger partial charge in [-0.25, -0.2) is 4.98 Å². The topological polar surface area (TPSA) is 49.0 Å². The molecule has 1 fully saturated rings. The number of H-pyrrole nitrogens is 1. The Kier molecular flexibility index (Phi) is 4.54. The molecule has 0 atom stereocenters. The lowest BCUT2D eigenvalue weighted by Crippen LogP contribution is -2.47. The molecule has 0 spiro atoms. The van der Waals surface area contributed by atoms with E-state index in [0.717, 1.165) is 30.1 Å². The first-order chi connectivity index (χ1) is 10.1. The molecule has 0 saturated heterocycles. The third-order valence-corrected chi connectivity index (χ3v) is 5.70. The minimum Gasteiger partial charge on any atom is -0.348 e. The van der Waals surface area contributed by atoms with Gasteiger partial charge in [-0.3, -0.25) is 4.79 Å².